The van der Waals surface area contributed by atoms with Crippen molar-refractivity contribution in [2.24, 2.45) is 4.99 Å². The van der Waals surface area contributed by atoms with Crippen LogP contribution in [0.4, 0.5) is 5.69 Å². The molecule has 0 aliphatic rings. The SMILES string of the molecule is CCc1ccc2oc(-c3cccc(N=Cc4cc(Br)ccc4O)c3)nc2c1. The van der Waals surface area contributed by atoms with Crippen molar-refractivity contribution in [3.8, 4) is 17.2 Å². The molecule has 1 N–H and O–H groups in total. The third kappa shape index (κ3) is 3.78. The average molecular weight is 421 g/mol. The van der Waals surface area contributed by atoms with Gasteiger partial charge in [-0.15, -0.1) is 0 Å². The number of aryl methyl sites for hydroxylation is 1. The highest BCUT2D eigenvalue weighted by molar-refractivity contribution is 9.10. The molecular weight excluding hydrogens is 404 g/mol. The zero-order valence-corrected chi connectivity index (χ0v) is 16.3. The summed E-state index contributed by atoms with van der Waals surface area (Å²) in [5.74, 6) is 0.754. The fourth-order valence-electron chi connectivity index (χ4n) is 2.81. The maximum absolute atomic E-state index is 9.93. The topological polar surface area (TPSA) is 58.6 Å². The van der Waals surface area contributed by atoms with Crippen LogP contribution >= 0.6 is 15.9 Å². The number of hydrogen-bond donors (Lipinski definition) is 1. The Balaban J connectivity index is 1.66. The lowest BCUT2D eigenvalue weighted by atomic mass is 10.1. The van der Waals surface area contributed by atoms with E-state index in [1.165, 1.54) is 5.56 Å². The van der Waals surface area contributed by atoms with Gasteiger partial charge in [0, 0.05) is 21.8 Å². The van der Waals surface area contributed by atoms with E-state index in [4.69, 9.17) is 4.42 Å². The maximum Gasteiger partial charge on any atom is 0.227 e. The van der Waals surface area contributed by atoms with Gasteiger partial charge in [-0.2, -0.15) is 0 Å². The normalized spacial score (nSPS) is 11.5. The Labute approximate surface area is 165 Å². The number of aromatic nitrogens is 1. The highest BCUT2D eigenvalue weighted by Crippen LogP contribution is 2.28. The molecule has 3 aromatic carbocycles. The number of phenols is 1. The van der Waals surface area contributed by atoms with E-state index < -0.39 is 0 Å². The number of halogens is 1. The third-order valence-corrected chi connectivity index (χ3v) is 4.79. The van der Waals surface area contributed by atoms with Gasteiger partial charge in [-0.1, -0.05) is 35.0 Å². The van der Waals surface area contributed by atoms with E-state index in [0.29, 0.717) is 11.5 Å². The van der Waals surface area contributed by atoms with E-state index >= 15 is 0 Å². The van der Waals surface area contributed by atoms with Crippen molar-refractivity contribution < 1.29 is 9.52 Å². The van der Waals surface area contributed by atoms with E-state index in [1.54, 1.807) is 18.3 Å². The Morgan fingerprint density at radius 1 is 1.11 bits per heavy atom. The lowest BCUT2D eigenvalue weighted by Gasteiger charge is -2.00. The summed E-state index contributed by atoms with van der Waals surface area (Å²) in [6.45, 7) is 2.12. The van der Waals surface area contributed by atoms with Crippen LogP contribution in [-0.2, 0) is 6.42 Å². The second kappa shape index (κ2) is 7.37. The molecule has 0 aliphatic heterocycles. The van der Waals surface area contributed by atoms with Gasteiger partial charge < -0.3 is 9.52 Å². The molecule has 0 fully saturated rings. The highest BCUT2D eigenvalue weighted by atomic mass is 79.9. The van der Waals surface area contributed by atoms with Gasteiger partial charge in [-0.25, -0.2) is 4.98 Å². The van der Waals surface area contributed by atoms with Crippen molar-refractivity contribution in [1.29, 1.82) is 0 Å². The first kappa shape index (κ1) is 17.5. The predicted octanol–water partition coefficient (Wildman–Crippen LogP) is 6.28. The molecule has 27 heavy (non-hydrogen) atoms. The van der Waals surface area contributed by atoms with Gasteiger partial charge in [-0.05, 0) is 60.5 Å². The third-order valence-electron chi connectivity index (χ3n) is 4.30. The van der Waals surface area contributed by atoms with Crippen LogP contribution in [0.1, 0.15) is 18.1 Å². The minimum Gasteiger partial charge on any atom is -0.507 e. The summed E-state index contributed by atoms with van der Waals surface area (Å²) in [5, 5.41) is 9.93. The van der Waals surface area contributed by atoms with E-state index in [0.717, 1.165) is 33.2 Å². The van der Waals surface area contributed by atoms with Crippen molar-refractivity contribution in [2.75, 3.05) is 0 Å². The van der Waals surface area contributed by atoms with Crippen molar-refractivity contribution >= 4 is 38.9 Å². The number of phenolic OH excluding ortho intramolecular Hbond substituents is 1. The number of aromatic hydroxyl groups is 1. The molecule has 0 aliphatic carbocycles. The first-order chi connectivity index (χ1) is 13.1. The fraction of sp³-hybridized carbons (Fsp3) is 0.0909. The molecule has 134 valence electrons. The number of fused-ring (bicyclic) bond motifs is 1. The summed E-state index contributed by atoms with van der Waals surface area (Å²) in [6, 6.07) is 19.0. The number of rotatable bonds is 4. The summed E-state index contributed by atoms with van der Waals surface area (Å²) >= 11 is 3.40. The molecule has 4 rings (SSSR count). The summed E-state index contributed by atoms with van der Waals surface area (Å²) in [5.41, 5.74) is 5.12. The predicted molar refractivity (Wildman–Crippen MR) is 112 cm³/mol. The van der Waals surface area contributed by atoms with E-state index in [9.17, 15) is 5.11 Å². The highest BCUT2D eigenvalue weighted by Gasteiger charge is 2.09. The van der Waals surface area contributed by atoms with Crippen LogP contribution in [0.2, 0.25) is 0 Å². The Hall–Kier alpha value is -2.92. The van der Waals surface area contributed by atoms with Gasteiger partial charge in [0.2, 0.25) is 5.89 Å². The number of oxazole rings is 1. The minimum absolute atomic E-state index is 0.184. The van der Waals surface area contributed by atoms with Crippen LogP contribution in [0.5, 0.6) is 5.75 Å². The molecule has 1 heterocycles. The lowest BCUT2D eigenvalue weighted by molar-refractivity contribution is 0.474. The van der Waals surface area contributed by atoms with Gasteiger partial charge in [-0.3, -0.25) is 4.99 Å². The Bertz CT molecular complexity index is 1150. The van der Waals surface area contributed by atoms with Crippen LogP contribution in [0, 0.1) is 0 Å². The first-order valence-electron chi connectivity index (χ1n) is 8.65. The largest absolute Gasteiger partial charge is 0.507 e. The first-order valence-corrected chi connectivity index (χ1v) is 9.44. The molecular formula is C22H17BrN2O2. The van der Waals surface area contributed by atoms with Crippen LogP contribution in [0.15, 0.2) is 74.5 Å². The molecule has 0 saturated heterocycles. The van der Waals surface area contributed by atoms with Crippen molar-refractivity contribution in [2.45, 2.75) is 13.3 Å². The Kier molecular flexibility index (Phi) is 4.77. The molecule has 1 aromatic heterocycles. The summed E-state index contributed by atoms with van der Waals surface area (Å²) in [4.78, 5) is 9.08. The maximum atomic E-state index is 9.93. The molecule has 0 radical (unpaired) electrons. The Morgan fingerprint density at radius 2 is 2.00 bits per heavy atom. The number of hydrogen-bond acceptors (Lipinski definition) is 4. The molecule has 0 spiro atoms. The lowest BCUT2D eigenvalue weighted by Crippen LogP contribution is -1.83. The van der Waals surface area contributed by atoms with Crippen LogP contribution in [0.3, 0.4) is 0 Å². The van der Waals surface area contributed by atoms with E-state index in [-0.39, 0.29) is 5.75 Å². The van der Waals surface area contributed by atoms with Crippen molar-refractivity contribution in [3.63, 3.8) is 0 Å². The monoisotopic (exact) mass is 420 g/mol. The average Bonchev–Trinajstić information content (AvgIpc) is 3.12. The summed E-state index contributed by atoms with van der Waals surface area (Å²) < 4.78 is 6.78. The van der Waals surface area contributed by atoms with Gasteiger partial charge in [0.15, 0.2) is 5.58 Å². The van der Waals surface area contributed by atoms with Crippen LogP contribution in [-0.4, -0.2) is 16.3 Å². The smallest absolute Gasteiger partial charge is 0.227 e. The second-order valence-electron chi connectivity index (χ2n) is 6.19. The van der Waals surface area contributed by atoms with Gasteiger partial charge in [0.05, 0.1) is 5.69 Å². The molecule has 0 amide bonds. The van der Waals surface area contributed by atoms with Crippen molar-refractivity contribution in [3.05, 3.63) is 76.3 Å². The minimum atomic E-state index is 0.184. The standard InChI is InChI=1S/C22H17BrN2O2/c1-2-14-6-9-21-19(10-14)25-22(27-21)15-4-3-5-18(12-15)24-13-16-11-17(23)7-8-20(16)26/h3-13,26H,2H2,1H3. The zero-order chi connectivity index (χ0) is 18.8. The Morgan fingerprint density at radius 3 is 2.85 bits per heavy atom. The number of benzene rings is 3. The molecule has 0 bridgehead atoms. The quantitative estimate of drug-likeness (QED) is 0.395. The fourth-order valence-corrected chi connectivity index (χ4v) is 3.19. The zero-order valence-electron chi connectivity index (χ0n) is 14.7. The number of nitrogens with zero attached hydrogens (tertiary/aromatic N) is 2. The van der Waals surface area contributed by atoms with E-state index in [2.05, 4.69) is 45.0 Å². The van der Waals surface area contributed by atoms with Crippen molar-refractivity contribution in [1.82, 2.24) is 4.98 Å². The van der Waals surface area contributed by atoms with Gasteiger partial charge in [0.1, 0.15) is 11.3 Å². The molecule has 0 unspecified atom stereocenters. The molecule has 0 atom stereocenters. The molecule has 4 aromatic rings. The molecule has 0 saturated carbocycles. The van der Waals surface area contributed by atoms with Gasteiger partial charge >= 0.3 is 0 Å². The summed E-state index contributed by atoms with van der Waals surface area (Å²) in [7, 11) is 0. The second-order valence-corrected chi connectivity index (χ2v) is 7.10. The summed E-state index contributed by atoms with van der Waals surface area (Å²) in [6.07, 6.45) is 2.60. The van der Waals surface area contributed by atoms with Crippen LogP contribution in [0.25, 0.3) is 22.6 Å². The number of aliphatic imine (C=N–C) groups is 1. The van der Waals surface area contributed by atoms with Gasteiger partial charge in [0.25, 0.3) is 0 Å². The van der Waals surface area contributed by atoms with Crippen LogP contribution < -0.4 is 0 Å². The molecule has 5 heteroatoms. The van der Waals surface area contributed by atoms with E-state index in [1.807, 2.05) is 36.4 Å². The molecule has 4 nitrogen and oxygen atoms in total.